The summed E-state index contributed by atoms with van der Waals surface area (Å²) < 4.78 is 1.36. The van der Waals surface area contributed by atoms with Crippen molar-refractivity contribution in [2.45, 2.75) is 19.4 Å². The summed E-state index contributed by atoms with van der Waals surface area (Å²) in [6.07, 6.45) is 0.984. The van der Waals surface area contributed by atoms with Crippen LogP contribution in [0.2, 0.25) is 5.02 Å². The lowest BCUT2D eigenvalue weighted by Gasteiger charge is -2.18. The van der Waals surface area contributed by atoms with Gasteiger partial charge in [0.2, 0.25) is 0 Å². The minimum Gasteiger partial charge on any atom is -0.310 e. The molecule has 0 bridgehead atoms. The Hall–Kier alpha value is -1.35. The highest BCUT2D eigenvalue weighted by Crippen LogP contribution is 2.30. The highest BCUT2D eigenvalue weighted by molar-refractivity contribution is 7.17. The van der Waals surface area contributed by atoms with Gasteiger partial charge in [0, 0.05) is 15.8 Å². The first-order valence-corrected chi connectivity index (χ1v) is 8.47. The predicted molar refractivity (Wildman–Crippen MR) is 93.4 cm³/mol. The van der Waals surface area contributed by atoms with Crippen molar-refractivity contribution in [2.24, 2.45) is 0 Å². The summed E-state index contributed by atoms with van der Waals surface area (Å²) in [6.45, 7) is 3.09. The third-order valence-corrected chi connectivity index (χ3v) is 4.93. The van der Waals surface area contributed by atoms with Gasteiger partial charge in [-0.3, -0.25) is 0 Å². The van der Waals surface area contributed by atoms with Gasteiger partial charge in [0.25, 0.3) is 0 Å². The van der Waals surface area contributed by atoms with E-state index in [0.717, 1.165) is 18.0 Å². The minimum atomic E-state index is 0.298. The summed E-state index contributed by atoms with van der Waals surface area (Å²) in [5.41, 5.74) is 2.65. The highest BCUT2D eigenvalue weighted by atomic mass is 35.5. The first-order valence-electron chi connectivity index (χ1n) is 7.22. The number of hydrogen-bond acceptors (Lipinski definition) is 2. The van der Waals surface area contributed by atoms with Crippen LogP contribution in [0.1, 0.15) is 24.1 Å². The molecular weight excluding hydrogens is 298 g/mol. The molecule has 1 aromatic heterocycles. The number of fused-ring (bicyclic) bond motifs is 1. The molecule has 3 rings (SSSR count). The SMILES string of the molecule is CCNC(Cc1csc2ccccc12)c1cccc(Cl)c1. The van der Waals surface area contributed by atoms with Gasteiger partial charge >= 0.3 is 0 Å². The Labute approximate surface area is 134 Å². The number of nitrogens with one attached hydrogen (secondary N) is 1. The van der Waals surface area contributed by atoms with Crippen molar-refractivity contribution in [3.63, 3.8) is 0 Å². The summed E-state index contributed by atoms with van der Waals surface area (Å²) in [4.78, 5) is 0. The van der Waals surface area contributed by atoms with E-state index in [-0.39, 0.29) is 0 Å². The molecule has 1 nitrogen and oxygen atoms in total. The van der Waals surface area contributed by atoms with Gasteiger partial charge in [-0.1, -0.05) is 48.9 Å². The number of rotatable bonds is 5. The average molecular weight is 316 g/mol. The maximum atomic E-state index is 6.14. The molecule has 21 heavy (non-hydrogen) atoms. The molecule has 1 heterocycles. The predicted octanol–water partition coefficient (Wildman–Crippen LogP) is 5.45. The molecular formula is C18H18ClNS. The number of thiophene rings is 1. The molecule has 3 heteroatoms. The normalized spacial score (nSPS) is 12.7. The Balaban J connectivity index is 1.92. The highest BCUT2D eigenvalue weighted by Gasteiger charge is 2.14. The number of halogens is 1. The Morgan fingerprint density at radius 1 is 1.14 bits per heavy atom. The third-order valence-electron chi connectivity index (χ3n) is 3.69. The van der Waals surface area contributed by atoms with Gasteiger partial charge in [-0.25, -0.2) is 0 Å². The van der Waals surface area contributed by atoms with Gasteiger partial charge in [-0.15, -0.1) is 11.3 Å². The van der Waals surface area contributed by atoms with Gasteiger partial charge in [0.15, 0.2) is 0 Å². The lowest BCUT2D eigenvalue weighted by Crippen LogP contribution is -2.22. The molecule has 0 aliphatic rings. The van der Waals surface area contributed by atoms with E-state index < -0.39 is 0 Å². The van der Waals surface area contributed by atoms with Crippen LogP contribution < -0.4 is 5.32 Å². The Bertz CT molecular complexity index is 735. The standard InChI is InChI=1S/C18H18ClNS/c1-2-20-17(13-6-5-7-15(19)10-13)11-14-12-21-18-9-4-3-8-16(14)18/h3-10,12,17,20H,2,11H2,1H3. The van der Waals surface area contributed by atoms with Crippen molar-refractivity contribution in [1.82, 2.24) is 5.32 Å². The average Bonchev–Trinajstić information content (AvgIpc) is 2.90. The molecule has 0 aliphatic heterocycles. The van der Waals surface area contributed by atoms with Crippen LogP contribution in [-0.4, -0.2) is 6.54 Å². The summed E-state index contributed by atoms with van der Waals surface area (Å²) in [7, 11) is 0. The van der Waals surface area contributed by atoms with E-state index in [0.29, 0.717) is 6.04 Å². The molecule has 0 amide bonds. The van der Waals surface area contributed by atoms with Gasteiger partial charge in [0.1, 0.15) is 0 Å². The zero-order valence-electron chi connectivity index (χ0n) is 12.0. The fourth-order valence-electron chi connectivity index (χ4n) is 2.69. The fourth-order valence-corrected chi connectivity index (χ4v) is 3.86. The molecule has 0 aliphatic carbocycles. The van der Waals surface area contributed by atoms with E-state index >= 15 is 0 Å². The second-order valence-electron chi connectivity index (χ2n) is 5.13. The first kappa shape index (κ1) is 14.6. The van der Waals surface area contributed by atoms with Crippen LogP contribution in [0.4, 0.5) is 0 Å². The van der Waals surface area contributed by atoms with Crippen molar-refractivity contribution in [3.8, 4) is 0 Å². The quantitative estimate of drug-likeness (QED) is 0.660. The lowest BCUT2D eigenvalue weighted by atomic mass is 9.98. The van der Waals surface area contributed by atoms with Crippen LogP contribution in [0.3, 0.4) is 0 Å². The van der Waals surface area contributed by atoms with Crippen LogP contribution in [-0.2, 0) is 6.42 Å². The second-order valence-corrected chi connectivity index (χ2v) is 6.47. The summed E-state index contributed by atoms with van der Waals surface area (Å²) in [6, 6.07) is 17.1. The molecule has 0 saturated heterocycles. The summed E-state index contributed by atoms with van der Waals surface area (Å²) in [5, 5.41) is 8.02. The molecule has 3 aromatic rings. The fraction of sp³-hybridized carbons (Fsp3) is 0.222. The zero-order chi connectivity index (χ0) is 14.7. The molecule has 1 unspecified atom stereocenters. The van der Waals surface area contributed by atoms with Crippen LogP contribution in [0.5, 0.6) is 0 Å². The van der Waals surface area contributed by atoms with Crippen LogP contribution in [0.15, 0.2) is 53.9 Å². The maximum Gasteiger partial charge on any atom is 0.0409 e. The van der Waals surface area contributed by atoms with E-state index in [4.69, 9.17) is 11.6 Å². The molecule has 1 atom stereocenters. The molecule has 1 N–H and O–H groups in total. The van der Waals surface area contributed by atoms with E-state index in [1.807, 2.05) is 23.5 Å². The van der Waals surface area contributed by atoms with Crippen molar-refractivity contribution < 1.29 is 0 Å². The van der Waals surface area contributed by atoms with Gasteiger partial charge in [0.05, 0.1) is 0 Å². The number of hydrogen-bond donors (Lipinski definition) is 1. The van der Waals surface area contributed by atoms with Crippen molar-refractivity contribution in [3.05, 3.63) is 70.1 Å². The summed E-state index contributed by atoms with van der Waals surface area (Å²) in [5.74, 6) is 0. The van der Waals surface area contributed by atoms with Crippen LogP contribution >= 0.6 is 22.9 Å². The van der Waals surface area contributed by atoms with Gasteiger partial charge in [-0.05, 0) is 53.1 Å². The Kier molecular flexibility index (Phi) is 4.59. The molecule has 2 aromatic carbocycles. The largest absolute Gasteiger partial charge is 0.310 e. The number of likely N-dealkylation sites (N-methyl/N-ethyl adjacent to an activating group) is 1. The zero-order valence-corrected chi connectivity index (χ0v) is 13.5. The van der Waals surface area contributed by atoms with E-state index in [2.05, 4.69) is 54.0 Å². The van der Waals surface area contributed by atoms with Gasteiger partial charge in [-0.2, -0.15) is 0 Å². The Morgan fingerprint density at radius 2 is 2.00 bits per heavy atom. The Morgan fingerprint density at radius 3 is 2.81 bits per heavy atom. The van der Waals surface area contributed by atoms with E-state index in [9.17, 15) is 0 Å². The maximum absolute atomic E-state index is 6.14. The molecule has 108 valence electrons. The van der Waals surface area contributed by atoms with Crippen molar-refractivity contribution >= 4 is 33.0 Å². The van der Waals surface area contributed by atoms with Crippen molar-refractivity contribution in [2.75, 3.05) is 6.54 Å². The first-order chi connectivity index (χ1) is 10.3. The summed E-state index contributed by atoms with van der Waals surface area (Å²) >= 11 is 7.96. The minimum absolute atomic E-state index is 0.298. The molecule has 0 fully saturated rings. The van der Waals surface area contributed by atoms with Crippen molar-refractivity contribution in [1.29, 1.82) is 0 Å². The number of benzene rings is 2. The van der Waals surface area contributed by atoms with E-state index in [1.54, 1.807) is 0 Å². The van der Waals surface area contributed by atoms with Crippen LogP contribution in [0, 0.1) is 0 Å². The molecule has 0 radical (unpaired) electrons. The lowest BCUT2D eigenvalue weighted by molar-refractivity contribution is 0.552. The second kappa shape index (κ2) is 6.61. The topological polar surface area (TPSA) is 12.0 Å². The van der Waals surface area contributed by atoms with E-state index in [1.165, 1.54) is 21.2 Å². The molecule has 0 spiro atoms. The monoisotopic (exact) mass is 315 g/mol. The molecule has 0 saturated carbocycles. The van der Waals surface area contributed by atoms with Crippen LogP contribution in [0.25, 0.3) is 10.1 Å². The smallest absolute Gasteiger partial charge is 0.0409 e. The van der Waals surface area contributed by atoms with Gasteiger partial charge < -0.3 is 5.32 Å². The third kappa shape index (κ3) is 3.29.